The molecule has 1 saturated heterocycles. The zero-order chi connectivity index (χ0) is 15.0. The first-order valence-electron chi connectivity index (χ1n) is 7.10. The fourth-order valence-corrected chi connectivity index (χ4v) is 3.32. The van der Waals surface area contributed by atoms with Crippen LogP contribution in [0, 0.1) is 0 Å². The summed E-state index contributed by atoms with van der Waals surface area (Å²) in [5, 5.41) is 1.10. The number of carbonyl (C=O) groups is 1. The second kappa shape index (κ2) is 5.64. The Kier molecular flexibility index (Phi) is 3.85. The van der Waals surface area contributed by atoms with Gasteiger partial charge in [0.15, 0.2) is 0 Å². The highest BCUT2D eigenvalue weighted by atomic mass is 79.9. The molecule has 2 aromatic rings. The molecule has 1 aromatic heterocycles. The molecule has 0 aliphatic carbocycles. The Morgan fingerprint density at radius 3 is 2.95 bits per heavy atom. The topological polar surface area (TPSA) is 36.4 Å². The molecule has 0 bridgehead atoms. The van der Waals surface area contributed by atoms with Crippen LogP contribution in [0.5, 0.6) is 0 Å². The molecule has 0 spiro atoms. The van der Waals surface area contributed by atoms with Crippen molar-refractivity contribution in [3.05, 3.63) is 34.9 Å². The van der Waals surface area contributed by atoms with Gasteiger partial charge in [-0.25, -0.2) is 0 Å². The number of carbonyl (C=O) groups excluding carboxylic acids is 1. The number of pyridine rings is 1. The number of benzene rings is 1. The molecule has 1 unspecified atom stereocenters. The number of aromatic nitrogens is 1. The van der Waals surface area contributed by atoms with Crippen molar-refractivity contribution >= 4 is 38.4 Å². The quantitative estimate of drug-likeness (QED) is 0.837. The van der Waals surface area contributed by atoms with Crippen molar-refractivity contribution in [1.82, 2.24) is 9.88 Å². The summed E-state index contributed by atoms with van der Waals surface area (Å²) in [4.78, 5) is 20.7. The van der Waals surface area contributed by atoms with Crippen LogP contribution in [0.25, 0.3) is 10.9 Å². The SMILES string of the molecule is CN(C)C(=O)C1CCCN1c1ccnc2cc(Br)ccc12. The van der Waals surface area contributed by atoms with E-state index in [1.807, 2.05) is 38.5 Å². The molecule has 1 aliphatic heterocycles. The first-order valence-corrected chi connectivity index (χ1v) is 7.89. The van der Waals surface area contributed by atoms with Crippen LogP contribution in [0.2, 0.25) is 0 Å². The Labute approximate surface area is 132 Å². The van der Waals surface area contributed by atoms with E-state index in [1.165, 1.54) is 0 Å². The van der Waals surface area contributed by atoms with Crippen LogP contribution in [-0.2, 0) is 4.79 Å². The molecule has 1 atom stereocenters. The van der Waals surface area contributed by atoms with E-state index in [0.717, 1.165) is 40.4 Å². The lowest BCUT2D eigenvalue weighted by Gasteiger charge is -2.28. The predicted molar refractivity (Wildman–Crippen MR) is 88.5 cm³/mol. The smallest absolute Gasteiger partial charge is 0.244 e. The van der Waals surface area contributed by atoms with E-state index in [-0.39, 0.29) is 11.9 Å². The lowest BCUT2D eigenvalue weighted by Crippen LogP contribution is -2.42. The van der Waals surface area contributed by atoms with Gasteiger partial charge in [0.1, 0.15) is 6.04 Å². The van der Waals surface area contributed by atoms with Gasteiger partial charge >= 0.3 is 0 Å². The Hall–Kier alpha value is -1.62. The van der Waals surface area contributed by atoms with Crippen LogP contribution in [0.15, 0.2) is 34.9 Å². The number of amides is 1. The van der Waals surface area contributed by atoms with E-state index in [2.05, 4.69) is 31.9 Å². The van der Waals surface area contributed by atoms with Gasteiger partial charge in [0, 0.05) is 42.4 Å². The van der Waals surface area contributed by atoms with E-state index in [0.29, 0.717) is 0 Å². The van der Waals surface area contributed by atoms with Crippen molar-refractivity contribution in [2.24, 2.45) is 0 Å². The Balaban J connectivity index is 2.05. The summed E-state index contributed by atoms with van der Waals surface area (Å²) in [5.74, 6) is 0.176. The summed E-state index contributed by atoms with van der Waals surface area (Å²) >= 11 is 3.48. The molecule has 110 valence electrons. The summed E-state index contributed by atoms with van der Waals surface area (Å²) < 4.78 is 1.02. The molecule has 0 N–H and O–H groups in total. The summed E-state index contributed by atoms with van der Waals surface area (Å²) in [6.45, 7) is 0.916. The van der Waals surface area contributed by atoms with Crippen LogP contribution < -0.4 is 4.90 Å². The summed E-state index contributed by atoms with van der Waals surface area (Å²) in [7, 11) is 3.64. The van der Waals surface area contributed by atoms with Crippen LogP contribution in [0.4, 0.5) is 5.69 Å². The van der Waals surface area contributed by atoms with Gasteiger partial charge in [-0.2, -0.15) is 0 Å². The third kappa shape index (κ3) is 2.62. The molecule has 1 fully saturated rings. The molecule has 2 heterocycles. The fraction of sp³-hybridized carbons (Fsp3) is 0.375. The van der Waals surface area contributed by atoms with Crippen LogP contribution in [0.3, 0.4) is 0 Å². The monoisotopic (exact) mass is 347 g/mol. The lowest BCUT2D eigenvalue weighted by atomic mass is 10.1. The van der Waals surface area contributed by atoms with Gasteiger partial charge < -0.3 is 9.80 Å². The second-order valence-electron chi connectivity index (χ2n) is 5.58. The molecular formula is C16H18BrN3O. The van der Waals surface area contributed by atoms with Gasteiger partial charge in [0.05, 0.1) is 5.52 Å². The highest BCUT2D eigenvalue weighted by Gasteiger charge is 2.32. The minimum atomic E-state index is -0.0609. The zero-order valence-electron chi connectivity index (χ0n) is 12.2. The van der Waals surface area contributed by atoms with Gasteiger partial charge in [0.2, 0.25) is 5.91 Å². The maximum absolute atomic E-state index is 12.4. The largest absolute Gasteiger partial charge is 0.359 e. The Morgan fingerprint density at radius 2 is 2.19 bits per heavy atom. The summed E-state index contributed by atoms with van der Waals surface area (Å²) in [5.41, 5.74) is 2.05. The van der Waals surface area contributed by atoms with Gasteiger partial charge in [-0.1, -0.05) is 15.9 Å². The maximum Gasteiger partial charge on any atom is 0.244 e. The van der Waals surface area contributed by atoms with Crippen LogP contribution >= 0.6 is 15.9 Å². The number of anilines is 1. The van der Waals surface area contributed by atoms with Gasteiger partial charge in [0.25, 0.3) is 0 Å². The van der Waals surface area contributed by atoms with Crippen LogP contribution in [-0.4, -0.2) is 42.5 Å². The number of hydrogen-bond acceptors (Lipinski definition) is 3. The highest BCUT2D eigenvalue weighted by Crippen LogP contribution is 2.32. The number of hydrogen-bond donors (Lipinski definition) is 0. The van der Waals surface area contributed by atoms with E-state index in [9.17, 15) is 4.79 Å². The number of halogens is 1. The molecule has 1 aromatic carbocycles. The molecular weight excluding hydrogens is 330 g/mol. The van der Waals surface area contributed by atoms with Crippen molar-refractivity contribution in [3.8, 4) is 0 Å². The second-order valence-corrected chi connectivity index (χ2v) is 6.49. The van der Waals surface area contributed by atoms with E-state index in [1.54, 1.807) is 4.90 Å². The zero-order valence-corrected chi connectivity index (χ0v) is 13.8. The van der Waals surface area contributed by atoms with E-state index < -0.39 is 0 Å². The van der Waals surface area contributed by atoms with Crippen molar-refractivity contribution in [3.63, 3.8) is 0 Å². The van der Waals surface area contributed by atoms with Crippen LogP contribution in [0.1, 0.15) is 12.8 Å². The van der Waals surface area contributed by atoms with Gasteiger partial charge in [-0.15, -0.1) is 0 Å². The summed E-state index contributed by atoms with van der Waals surface area (Å²) in [6, 6.07) is 8.05. The number of nitrogens with zero attached hydrogens (tertiary/aromatic N) is 3. The minimum absolute atomic E-state index is 0.0609. The van der Waals surface area contributed by atoms with Crippen molar-refractivity contribution in [1.29, 1.82) is 0 Å². The first kappa shape index (κ1) is 14.3. The van der Waals surface area contributed by atoms with Crippen molar-refractivity contribution in [2.75, 3.05) is 25.5 Å². The molecule has 4 nitrogen and oxygen atoms in total. The summed E-state index contributed by atoms with van der Waals surface area (Å²) in [6.07, 6.45) is 3.78. The van der Waals surface area contributed by atoms with Gasteiger partial charge in [-0.3, -0.25) is 9.78 Å². The molecule has 3 rings (SSSR count). The third-order valence-electron chi connectivity index (χ3n) is 3.97. The molecule has 0 saturated carbocycles. The fourth-order valence-electron chi connectivity index (χ4n) is 2.97. The molecule has 1 aliphatic rings. The molecule has 21 heavy (non-hydrogen) atoms. The third-order valence-corrected chi connectivity index (χ3v) is 4.46. The number of fused-ring (bicyclic) bond motifs is 1. The van der Waals surface area contributed by atoms with Gasteiger partial charge in [-0.05, 0) is 37.1 Å². The minimum Gasteiger partial charge on any atom is -0.359 e. The molecule has 0 radical (unpaired) electrons. The Bertz CT molecular complexity index is 686. The average Bonchev–Trinajstić information content (AvgIpc) is 2.94. The standard InChI is InChI=1S/C16H18BrN3O/c1-19(2)16(21)15-4-3-9-20(15)14-7-8-18-13-10-11(17)5-6-12(13)14/h5-8,10,15H,3-4,9H2,1-2H3. The van der Waals surface area contributed by atoms with E-state index >= 15 is 0 Å². The molecule has 1 amide bonds. The predicted octanol–water partition coefficient (Wildman–Crippen LogP) is 3.05. The maximum atomic E-state index is 12.4. The average molecular weight is 348 g/mol. The first-order chi connectivity index (χ1) is 10.1. The van der Waals surface area contributed by atoms with E-state index in [4.69, 9.17) is 0 Å². The number of rotatable bonds is 2. The molecule has 5 heteroatoms. The number of likely N-dealkylation sites (N-methyl/N-ethyl adjacent to an activating group) is 1. The van der Waals surface area contributed by atoms with Crippen molar-refractivity contribution < 1.29 is 4.79 Å². The Morgan fingerprint density at radius 1 is 1.38 bits per heavy atom. The normalized spacial score (nSPS) is 18.2. The highest BCUT2D eigenvalue weighted by molar-refractivity contribution is 9.10. The van der Waals surface area contributed by atoms with Crippen molar-refractivity contribution in [2.45, 2.75) is 18.9 Å². The lowest BCUT2D eigenvalue weighted by molar-refractivity contribution is -0.129.